The maximum Gasteiger partial charge on any atom is 0.324 e. The largest absolute Gasteiger partial charge is 0.481 e. The summed E-state index contributed by atoms with van der Waals surface area (Å²) >= 11 is 0. The number of amides is 2. The molecule has 1 aliphatic heterocycles. The number of carbonyl (C=O) groups is 2. The number of carboxylic acid groups (broad SMARTS) is 1. The molecule has 2 rings (SSSR count). The Labute approximate surface area is 123 Å². The molecule has 114 valence electrons. The fourth-order valence-corrected chi connectivity index (χ4v) is 2.32. The van der Waals surface area contributed by atoms with E-state index in [-0.39, 0.29) is 25.0 Å². The molecule has 1 aromatic rings. The molecule has 1 aromatic carbocycles. The van der Waals surface area contributed by atoms with E-state index in [1.165, 1.54) is 4.90 Å². The van der Waals surface area contributed by atoms with Gasteiger partial charge in [0.05, 0.1) is 25.7 Å². The molecule has 0 aromatic heterocycles. The van der Waals surface area contributed by atoms with Gasteiger partial charge in [-0.1, -0.05) is 18.2 Å². The number of benzene rings is 1. The number of para-hydroxylation sites is 1. The summed E-state index contributed by atoms with van der Waals surface area (Å²) in [6, 6.07) is 8.97. The molecule has 0 bridgehead atoms. The van der Waals surface area contributed by atoms with Crippen molar-refractivity contribution >= 4 is 17.7 Å². The maximum absolute atomic E-state index is 12.7. The second-order valence-electron chi connectivity index (χ2n) is 5.03. The highest BCUT2D eigenvalue weighted by Crippen LogP contribution is 2.18. The Kier molecular flexibility index (Phi) is 5.16. The molecule has 1 heterocycles. The van der Waals surface area contributed by atoms with Crippen LogP contribution in [0, 0.1) is 0 Å². The van der Waals surface area contributed by atoms with Gasteiger partial charge in [0.25, 0.3) is 0 Å². The van der Waals surface area contributed by atoms with Gasteiger partial charge in [-0.25, -0.2) is 4.79 Å². The number of hydrogen-bond donors (Lipinski definition) is 1. The SMILES string of the molecule is CC1COCCN1C(=O)N(CCC(=O)O)c1ccccc1. The van der Waals surface area contributed by atoms with Crippen molar-refractivity contribution in [2.45, 2.75) is 19.4 Å². The van der Waals surface area contributed by atoms with Crippen molar-refractivity contribution in [2.24, 2.45) is 0 Å². The van der Waals surface area contributed by atoms with Gasteiger partial charge in [0, 0.05) is 18.8 Å². The van der Waals surface area contributed by atoms with E-state index in [4.69, 9.17) is 9.84 Å². The summed E-state index contributed by atoms with van der Waals surface area (Å²) in [4.78, 5) is 26.8. The van der Waals surface area contributed by atoms with E-state index < -0.39 is 5.97 Å². The van der Waals surface area contributed by atoms with Gasteiger partial charge < -0.3 is 14.7 Å². The minimum atomic E-state index is -0.918. The molecule has 0 spiro atoms. The summed E-state index contributed by atoms with van der Waals surface area (Å²) in [5.74, 6) is -0.918. The number of ether oxygens (including phenoxy) is 1. The van der Waals surface area contributed by atoms with Gasteiger partial charge in [0.2, 0.25) is 0 Å². The van der Waals surface area contributed by atoms with Crippen LogP contribution in [0.25, 0.3) is 0 Å². The minimum absolute atomic E-state index is 0.0118. The molecule has 21 heavy (non-hydrogen) atoms. The highest BCUT2D eigenvalue weighted by atomic mass is 16.5. The van der Waals surface area contributed by atoms with Crippen LogP contribution in [0.1, 0.15) is 13.3 Å². The second kappa shape index (κ2) is 7.08. The van der Waals surface area contributed by atoms with Gasteiger partial charge >= 0.3 is 12.0 Å². The minimum Gasteiger partial charge on any atom is -0.481 e. The van der Waals surface area contributed by atoms with Crippen molar-refractivity contribution in [1.29, 1.82) is 0 Å². The second-order valence-corrected chi connectivity index (χ2v) is 5.03. The zero-order valence-corrected chi connectivity index (χ0v) is 12.1. The Morgan fingerprint density at radius 3 is 2.71 bits per heavy atom. The number of hydrogen-bond acceptors (Lipinski definition) is 3. The molecule has 2 amide bonds. The van der Waals surface area contributed by atoms with Crippen LogP contribution < -0.4 is 4.90 Å². The van der Waals surface area contributed by atoms with Gasteiger partial charge in [0.1, 0.15) is 0 Å². The van der Waals surface area contributed by atoms with E-state index in [9.17, 15) is 9.59 Å². The Morgan fingerprint density at radius 2 is 2.10 bits per heavy atom. The first kappa shape index (κ1) is 15.3. The lowest BCUT2D eigenvalue weighted by atomic mass is 10.2. The fraction of sp³-hybridized carbons (Fsp3) is 0.467. The molecular weight excluding hydrogens is 272 g/mol. The summed E-state index contributed by atoms with van der Waals surface area (Å²) in [6.07, 6.45) is -0.0840. The summed E-state index contributed by atoms with van der Waals surface area (Å²) in [6.45, 7) is 3.63. The summed E-state index contributed by atoms with van der Waals surface area (Å²) in [5.41, 5.74) is 0.711. The number of carbonyl (C=O) groups excluding carboxylic acids is 1. The molecule has 0 aliphatic carbocycles. The lowest BCUT2D eigenvalue weighted by Gasteiger charge is -2.37. The molecule has 1 unspecified atom stereocenters. The molecule has 0 saturated carbocycles. The molecule has 1 fully saturated rings. The predicted octanol–water partition coefficient (Wildman–Crippen LogP) is 1.81. The van der Waals surface area contributed by atoms with Crippen LogP contribution in [-0.2, 0) is 9.53 Å². The topological polar surface area (TPSA) is 70.1 Å². The standard InChI is InChI=1S/C15H20N2O4/c1-12-11-21-10-9-16(12)15(20)17(8-7-14(18)19)13-5-3-2-4-6-13/h2-6,12H,7-11H2,1H3,(H,18,19). The normalized spacial score (nSPS) is 18.3. The van der Waals surface area contributed by atoms with Gasteiger partial charge in [0.15, 0.2) is 0 Å². The Morgan fingerprint density at radius 1 is 1.38 bits per heavy atom. The Hall–Kier alpha value is -2.08. The zero-order chi connectivity index (χ0) is 15.2. The monoisotopic (exact) mass is 292 g/mol. The van der Waals surface area contributed by atoms with Crippen molar-refractivity contribution in [1.82, 2.24) is 4.90 Å². The number of anilines is 1. The molecule has 1 aliphatic rings. The molecule has 1 saturated heterocycles. The summed E-state index contributed by atoms with van der Waals surface area (Å²) in [7, 11) is 0. The number of morpholine rings is 1. The van der Waals surface area contributed by atoms with E-state index in [1.54, 1.807) is 4.90 Å². The summed E-state index contributed by atoms with van der Waals surface area (Å²) < 4.78 is 5.34. The first-order valence-electron chi connectivity index (χ1n) is 7.02. The van der Waals surface area contributed by atoms with Gasteiger partial charge in [-0.15, -0.1) is 0 Å². The maximum atomic E-state index is 12.7. The lowest BCUT2D eigenvalue weighted by Crippen LogP contribution is -2.53. The van der Waals surface area contributed by atoms with E-state index in [1.807, 2.05) is 37.3 Å². The van der Waals surface area contributed by atoms with Crippen molar-refractivity contribution in [3.63, 3.8) is 0 Å². The predicted molar refractivity (Wildman–Crippen MR) is 78.4 cm³/mol. The van der Waals surface area contributed by atoms with Crippen LogP contribution >= 0.6 is 0 Å². The number of rotatable bonds is 4. The first-order valence-corrected chi connectivity index (χ1v) is 7.02. The Bertz CT molecular complexity index is 492. The van der Waals surface area contributed by atoms with Crippen molar-refractivity contribution in [3.05, 3.63) is 30.3 Å². The third-order valence-electron chi connectivity index (χ3n) is 3.46. The van der Waals surface area contributed by atoms with E-state index in [2.05, 4.69) is 0 Å². The van der Waals surface area contributed by atoms with Gasteiger partial charge in [-0.05, 0) is 19.1 Å². The average molecular weight is 292 g/mol. The number of nitrogens with zero attached hydrogens (tertiary/aromatic N) is 2. The van der Waals surface area contributed by atoms with E-state index in [0.29, 0.717) is 25.4 Å². The quantitative estimate of drug-likeness (QED) is 0.918. The van der Waals surface area contributed by atoms with Gasteiger partial charge in [-0.2, -0.15) is 0 Å². The smallest absolute Gasteiger partial charge is 0.324 e. The summed E-state index contributed by atoms with van der Waals surface area (Å²) in [5, 5.41) is 8.88. The zero-order valence-electron chi connectivity index (χ0n) is 12.1. The van der Waals surface area contributed by atoms with Crippen LogP contribution in [0.3, 0.4) is 0 Å². The molecule has 1 atom stereocenters. The number of carboxylic acids is 1. The third-order valence-corrected chi connectivity index (χ3v) is 3.46. The van der Waals surface area contributed by atoms with Gasteiger partial charge in [-0.3, -0.25) is 9.69 Å². The molecular formula is C15H20N2O4. The third kappa shape index (κ3) is 3.95. The van der Waals surface area contributed by atoms with Crippen LogP contribution in [0.4, 0.5) is 10.5 Å². The van der Waals surface area contributed by atoms with Crippen molar-refractivity contribution in [3.8, 4) is 0 Å². The molecule has 6 heteroatoms. The first-order chi connectivity index (χ1) is 10.1. The van der Waals surface area contributed by atoms with E-state index in [0.717, 1.165) is 0 Å². The van der Waals surface area contributed by atoms with Crippen LogP contribution in [0.5, 0.6) is 0 Å². The highest BCUT2D eigenvalue weighted by molar-refractivity contribution is 5.92. The van der Waals surface area contributed by atoms with Crippen LogP contribution in [0.15, 0.2) is 30.3 Å². The Balaban J connectivity index is 2.17. The van der Waals surface area contributed by atoms with Crippen molar-refractivity contribution in [2.75, 3.05) is 31.2 Å². The molecule has 6 nitrogen and oxygen atoms in total. The van der Waals surface area contributed by atoms with E-state index >= 15 is 0 Å². The van der Waals surface area contributed by atoms with Crippen LogP contribution in [0.2, 0.25) is 0 Å². The number of urea groups is 1. The average Bonchev–Trinajstić information content (AvgIpc) is 2.48. The fourth-order valence-electron chi connectivity index (χ4n) is 2.32. The molecule has 0 radical (unpaired) electrons. The van der Waals surface area contributed by atoms with Crippen LogP contribution in [-0.4, -0.2) is 54.4 Å². The lowest BCUT2D eigenvalue weighted by molar-refractivity contribution is -0.136. The number of aliphatic carboxylic acids is 1. The highest BCUT2D eigenvalue weighted by Gasteiger charge is 2.28. The van der Waals surface area contributed by atoms with Crippen molar-refractivity contribution < 1.29 is 19.4 Å². The molecule has 1 N–H and O–H groups in total.